The van der Waals surface area contributed by atoms with E-state index in [1.54, 1.807) is 0 Å². The van der Waals surface area contributed by atoms with Crippen LogP contribution in [0.2, 0.25) is 0 Å². The van der Waals surface area contributed by atoms with Gasteiger partial charge in [0.1, 0.15) is 4.60 Å². The maximum absolute atomic E-state index is 9.55. The van der Waals surface area contributed by atoms with E-state index in [9.17, 15) is 9.59 Å². The van der Waals surface area contributed by atoms with E-state index in [1.165, 1.54) is 6.26 Å². The molecule has 3 N–H and O–H groups in total. The molecule has 0 aliphatic carbocycles. The molecular formula is C16H20BrN3O5. The molecule has 0 spiro atoms. The Morgan fingerprint density at radius 1 is 1.28 bits per heavy atom. The zero-order valence-electron chi connectivity index (χ0n) is 13.5. The lowest BCUT2D eigenvalue weighted by Crippen LogP contribution is -2.27. The number of carboxylic acid groups (broad SMARTS) is 2. The van der Waals surface area contributed by atoms with Crippen LogP contribution in [-0.4, -0.2) is 53.3 Å². The highest BCUT2D eigenvalue weighted by Crippen LogP contribution is 2.27. The van der Waals surface area contributed by atoms with E-state index in [0.717, 1.165) is 38.3 Å². The Morgan fingerprint density at radius 2 is 1.96 bits per heavy atom. The molecule has 25 heavy (non-hydrogen) atoms. The van der Waals surface area contributed by atoms with E-state index in [4.69, 9.17) is 14.9 Å². The van der Waals surface area contributed by atoms with Gasteiger partial charge in [-0.2, -0.15) is 0 Å². The number of aliphatic carboxylic acids is 2. The molecule has 1 aromatic heterocycles. The molecule has 1 aliphatic rings. The first-order valence-electron chi connectivity index (χ1n) is 7.46. The quantitative estimate of drug-likeness (QED) is 0.381. The molecule has 0 aromatic carbocycles. The van der Waals surface area contributed by atoms with Crippen molar-refractivity contribution in [2.24, 2.45) is 0 Å². The summed E-state index contributed by atoms with van der Waals surface area (Å²) in [5, 5.41) is 19.0. The average Bonchev–Trinajstić information content (AvgIpc) is 2.85. The molecule has 1 aliphatic heterocycles. The Bertz CT molecular complexity index is 612. The van der Waals surface area contributed by atoms with Crippen molar-refractivity contribution >= 4 is 33.6 Å². The van der Waals surface area contributed by atoms with Crippen LogP contribution in [-0.2, 0) is 9.59 Å². The van der Waals surface area contributed by atoms with Crippen LogP contribution in [0.1, 0.15) is 6.42 Å². The van der Waals surface area contributed by atoms with Gasteiger partial charge in [0.05, 0.1) is 18.1 Å². The van der Waals surface area contributed by atoms with Crippen molar-refractivity contribution in [3.8, 4) is 5.75 Å². The molecular weight excluding hydrogens is 394 g/mol. The maximum Gasteiger partial charge on any atom is 0.328 e. The van der Waals surface area contributed by atoms with Gasteiger partial charge in [-0.05, 0) is 28.9 Å². The van der Waals surface area contributed by atoms with Crippen molar-refractivity contribution in [1.29, 1.82) is 0 Å². The summed E-state index contributed by atoms with van der Waals surface area (Å²) in [6.45, 7) is 7.69. The zero-order chi connectivity index (χ0) is 18.7. The first kappa shape index (κ1) is 20.7. The molecule has 1 fully saturated rings. The van der Waals surface area contributed by atoms with Gasteiger partial charge in [-0.25, -0.2) is 14.6 Å². The van der Waals surface area contributed by atoms with Crippen LogP contribution in [0.4, 0.5) is 5.69 Å². The first-order chi connectivity index (χ1) is 11.9. The fourth-order valence-electron chi connectivity index (χ4n) is 2.01. The normalized spacial score (nSPS) is 14.2. The highest BCUT2D eigenvalue weighted by atomic mass is 79.9. The summed E-state index contributed by atoms with van der Waals surface area (Å²) in [7, 11) is 0. The summed E-state index contributed by atoms with van der Waals surface area (Å²) >= 11 is 3.36. The molecule has 0 atom stereocenters. The third kappa shape index (κ3) is 8.32. The smallest absolute Gasteiger partial charge is 0.328 e. The highest BCUT2D eigenvalue weighted by molar-refractivity contribution is 9.10. The Kier molecular flexibility index (Phi) is 9.26. The second kappa shape index (κ2) is 11.2. The molecule has 0 radical (unpaired) electrons. The number of ether oxygens (including phenoxy) is 1. The number of hydrogen-bond donors (Lipinski definition) is 3. The SMILES string of the molecule is C=COc1cc(N2CCCNCC2)cnc1Br.O=C(O)/C=C/C(=O)O. The minimum Gasteiger partial charge on any atom is -0.478 e. The second-order valence-corrected chi connectivity index (χ2v) is 5.62. The summed E-state index contributed by atoms with van der Waals surface area (Å²) in [6, 6.07) is 1.99. The van der Waals surface area contributed by atoms with Gasteiger partial charge >= 0.3 is 11.9 Å². The van der Waals surface area contributed by atoms with Crippen LogP contribution >= 0.6 is 15.9 Å². The Labute approximate surface area is 153 Å². The third-order valence-electron chi connectivity index (χ3n) is 3.08. The number of rotatable bonds is 5. The van der Waals surface area contributed by atoms with Gasteiger partial charge in [0.25, 0.3) is 0 Å². The van der Waals surface area contributed by atoms with Gasteiger partial charge in [0.15, 0.2) is 5.75 Å². The standard InChI is InChI=1S/C12H16BrN3O.C4H4O4/c1-2-17-11-8-10(9-15-12(11)13)16-6-3-4-14-5-7-16;5-3(6)1-2-4(7)8/h2,8-9,14H,1,3-7H2;1-2H,(H,5,6)(H,7,8)/b;2-1+. The lowest BCUT2D eigenvalue weighted by molar-refractivity contribution is -0.134. The number of anilines is 1. The summed E-state index contributed by atoms with van der Waals surface area (Å²) in [5.74, 6) is -1.81. The number of carbonyl (C=O) groups is 2. The van der Waals surface area contributed by atoms with Gasteiger partial charge in [0, 0.05) is 37.9 Å². The van der Waals surface area contributed by atoms with E-state index >= 15 is 0 Å². The summed E-state index contributed by atoms with van der Waals surface area (Å²) in [6.07, 6.45) is 5.54. The van der Waals surface area contributed by atoms with Crippen LogP contribution in [0, 0.1) is 0 Å². The van der Waals surface area contributed by atoms with E-state index in [1.807, 2.05) is 12.3 Å². The third-order valence-corrected chi connectivity index (χ3v) is 3.67. The Balaban J connectivity index is 0.000000333. The van der Waals surface area contributed by atoms with E-state index < -0.39 is 11.9 Å². The number of pyridine rings is 1. The topological polar surface area (TPSA) is 112 Å². The summed E-state index contributed by atoms with van der Waals surface area (Å²) < 4.78 is 6.01. The van der Waals surface area contributed by atoms with Crippen LogP contribution in [0.3, 0.4) is 0 Å². The molecule has 136 valence electrons. The number of aromatic nitrogens is 1. The molecule has 8 nitrogen and oxygen atoms in total. The zero-order valence-corrected chi connectivity index (χ0v) is 15.1. The van der Waals surface area contributed by atoms with Gasteiger partial charge < -0.3 is 25.2 Å². The van der Waals surface area contributed by atoms with Crippen molar-refractivity contribution in [3.63, 3.8) is 0 Å². The van der Waals surface area contributed by atoms with Crippen LogP contribution < -0.4 is 15.0 Å². The number of halogens is 1. The van der Waals surface area contributed by atoms with Gasteiger partial charge in [-0.3, -0.25) is 0 Å². The van der Waals surface area contributed by atoms with Gasteiger partial charge in [-0.15, -0.1) is 0 Å². The van der Waals surface area contributed by atoms with E-state index in [-0.39, 0.29) is 0 Å². The lowest BCUT2D eigenvalue weighted by atomic mass is 10.3. The largest absolute Gasteiger partial charge is 0.478 e. The molecule has 0 unspecified atom stereocenters. The molecule has 0 amide bonds. The predicted molar refractivity (Wildman–Crippen MR) is 96.9 cm³/mol. The molecule has 0 bridgehead atoms. The molecule has 2 heterocycles. The number of hydrogen-bond acceptors (Lipinski definition) is 6. The van der Waals surface area contributed by atoms with Crippen LogP contribution in [0.15, 0.2) is 41.9 Å². The van der Waals surface area contributed by atoms with Crippen molar-refractivity contribution in [2.75, 3.05) is 31.1 Å². The van der Waals surface area contributed by atoms with Crippen molar-refractivity contribution in [2.45, 2.75) is 6.42 Å². The Hall–Kier alpha value is -2.39. The highest BCUT2D eigenvalue weighted by Gasteiger charge is 2.12. The minimum absolute atomic E-state index is 0.558. The lowest BCUT2D eigenvalue weighted by Gasteiger charge is -2.22. The fraction of sp³-hybridized carbons (Fsp3) is 0.312. The van der Waals surface area contributed by atoms with Crippen molar-refractivity contribution in [3.05, 3.63) is 41.9 Å². The molecule has 1 saturated heterocycles. The summed E-state index contributed by atoms with van der Waals surface area (Å²) in [5.41, 5.74) is 1.09. The molecule has 1 aromatic rings. The van der Waals surface area contributed by atoms with Crippen molar-refractivity contribution in [1.82, 2.24) is 10.3 Å². The van der Waals surface area contributed by atoms with Crippen molar-refractivity contribution < 1.29 is 24.5 Å². The average molecular weight is 414 g/mol. The second-order valence-electron chi connectivity index (χ2n) is 4.87. The molecule has 2 rings (SSSR count). The minimum atomic E-state index is -1.26. The van der Waals surface area contributed by atoms with E-state index in [2.05, 4.69) is 37.7 Å². The Morgan fingerprint density at radius 3 is 2.56 bits per heavy atom. The monoisotopic (exact) mass is 413 g/mol. The summed E-state index contributed by atoms with van der Waals surface area (Å²) in [4.78, 5) is 25.7. The van der Waals surface area contributed by atoms with Crippen LogP contribution in [0.25, 0.3) is 0 Å². The number of nitrogens with one attached hydrogen (secondary N) is 1. The van der Waals surface area contributed by atoms with Gasteiger partial charge in [0.2, 0.25) is 0 Å². The predicted octanol–water partition coefficient (Wildman–Crippen LogP) is 1.88. The van der Waals surface area contributed by atoms with Gasteiger partial charge in [-0.1, -0.05) is 6.58 Å². The van der Waals surface area contributed by atoms with Crippen LogP contribution in [0.5, 0.6) is 5.75 Å². The fourth-order valence-corrected chi connectivity index (χ4v) is 2.32. The number of carboxylic acids is 2. The number of nitrogens with zero attached hydrogens (tertiary/aromatic N) is 2. The first-order valence-corrected chi connectivity index (χ1v) is 8.26. The molecule has 9 heteroatoms. The molecule has 0 saturated carbocycles. The maximum atomic E-state index is 9.55. The van der Waals surface area contributed by atoms with E-state index in [0.29, 0.717) is 22.5 Å².